The zero-order valence-corrected chi connectivity index (χ0v) is 13.4. The summed E-state index contributed by atoms with van der Waals surface area (Å²) in [7, 11) is 0. The van der Waals surface area contributed by atoms with E-state index in [1.165, 1.54) is 0 Å². The van der Waals surface area contributed by atoms with Gasteiger partial charge in [0.25, 0.3) is 5.91 Å². The van der Waals surface area contributed by atoms with Gasteiger partial charge in [0.05, 0.1) is 28.7 Å². The molecule has 0 fully saturated rings. The van der Waals surface area contributed by atoms with E-state index in [2.05, 4.69) is 27.0 Å². The monoisotopic (exact) mass is 343 g/mol. The standard InChI is InChI=1S/C19H13N5O2/c20-10-11-4-5-14-16(8-11)24-19(26)17-15(6-7-21-18(17)23-14)22-12-2-1-3-13(25)9-12/h1-9,25H,(H,24,26)(H2,21,22,23). The molecule has 1 amide bonds. The van der Waals surface area contributed by atoms with Crippen molar-refractivity contribution in [2.24, 2.45) is 0 Å². The molecule has 0 unspecified atom stereocenters. The minimum absolute atomic E-state index is 0.120. The largest absolute Gasteiger partial charge is 0.508 e. The number of pyridine rings is 1. The van der Waals surface area contributed by atoms with E-state index in [-0.39, 0.29) is 11.7 Å². The Kier molecular flexibility index (Phi) is 3.64. The smallest absolute Gasteiger partial charge is 0.261 e. The summed E-state index contributed by atoms with van der Waals surface area (Å²) in [4.78, 5) is 17.0. The van der Waals surface area contributed by atoms with Gasteiger partial charge in [0.1, 0.15) is 17.1 Å². The van der Waals surface area contributed by atoms with Crippen LogP contribution in [0, 0.1) is 11.3 Å². The van der Waals surface area contributed by atoms with E-state index in [1.54, 1.807) is 54.7 Å². The van der Waals surface area contributed by atoms with Crippen LogP contribution < -0.4 is 16.0 Å². The average molecular weight is 343 g/mol. The number of amides is 1. The van der Waals surface area contributed by atoms with Crippen LogP contribution in [0.1, 0.15) is 15.9 Å². The van der Waals surface area contributed by atoms with Crippen LogP contribution in [0.5, 0.6) is 5.75 Å². The molecule has 0 saturated heterocycles. The summed E-state index contributed by atoms with van der Waals surface area (Å²) < 4.78 is 0. The molecule has 1 aliphatic rings. The van der Waals surface area contributed by atoms with Crippen LogP contribution in [0.25, 0.3) is 0 Å². The predicted octanol–water partition coefficient (Wildman–Crippen LogP) is 3.71. The molecular weight excluding hydrogens is 330 g/mol. The van der Waals surface area contributed by atoms with Gasteiger partial charge < -0.3 is 21.1 Å². The van der Waals surface area contributed by atoms with Crippen molar-refractivity contribution in [1.82, 2.24) is 4.98 Å². The van der Waals surface area contributed by atoms with E-state index in [4.69, 9.17) is 5.26 Å². The number of phenols is 1. The van der Waals surface area contributed by atoms with Gasteiger partial charge in [-0.25, -0.2) is 4.98 Å². The van der Waals surface area contributed by atoms with Crippen LogP contribution in [0.3, 0.4) is 0 Å². The topological polar surface area (TPSA) is 110 Å². The molecule has 1 aliphatic heterocycles. The number of carbonyl (C=O) groups excluding carboxylic acids is 1. The molecule has 0 aliphatic carbocycles. The number of hydrogen-bond donors (Lipinski definition) is 4. The number of nitrogens with one attached hydrogen (secondary N) is 3. The number of fused-ring (bicyclic) bond motifs is 2. The van der Waals surface area contributed by atoms with Gasteiger partial charge in [-0.2, -0.15) is 5.26 Å². The number of rotatable bonds is 2. The van der Waals surface area contributed by atoms with E-state index in [1.807, 2.05) is 0 Å². The Morgan fingerprint density at radius 2 is 1.96 bits per heavy atom. The summed E-state index contributed by atoms with van der Waals surface area (Å²) in [6, 6.07) is 15.3. The van der Waals surface area contributed by atoms with Crippen molar-refractivity contribution >= 4 is 34.5 Å². The number of hydrogen-bond acceptors (Lipinski definition) is 6. The Labute approximate surface area is 148 Å². The van der Waals surface area contributed by atoms with Crippen molar-refractivity contribution in [3.05, 3.63) is 65.9 Å². The molecule has 0 bridgehead atoms. The minimum Gasteiger partial charge on any atom is -0.508 e. The van der Waals surface area contributed by atoms with Gasteiger partial charge in [-0.05, 0) is 36.4 Å². The van der Waals surface area contributed by atoms with E-state index >= 15 is 0 Å². The van der Waals surface area contributed by atoms with Gasteiger partial charge in [0.2, 0.25) is 0 Å². The number of phenolic OH excluding ortho intramolecular Hbond substituents is 1. The van der Waals surface area contributed by atoms with Gasteiger partial charge >= 0.3 is 0 Å². The summed E-state index contributed by atoms with van der Waals surface area (Å²) >= 11 is 0. The highest BCUT2D eigenvalue weighted by Crippen LogP contribution is 2.35. The van der Waals surface area contributed by atoms with E-state index < -0.39 is 0 Å². The van der Waals surface area contributed by atoms with Crippen molar-refractivity contribution < 1.29 is 9.90 Å². The second-order valence-electron chi connectivity index (χ2n) is 5.71. The Balaban J connectivity index is 1.76. The van der Waals surface area contributed by atoms with Crippen LogP contribution in [-0.2, 0) is 0 Å². The molecule has 26 heavy (non-hydrogen) atoms. The molecule has 2 heterocycles. The second-order valence-corrected chi connectivity index (χ2v) is 5.71. The first kappa shape index (κ1) is 15.5. The van der Waals surface area contributed by atoms with Crippen molar-refractivity contribution in [2.75, 3.05) is 16.0 Å². The van der Waals surface area contributed by atoms with Gasteiger partial charge in [0.15, 0.2) is 0 Å². The van der Waals surface area contributed by atoms with Crippen molar-refractivity contribution in [2.45, 2.75) is 0 Å². The zero-order valence-electron chi connectivity index (χ0n) is 13.4. The fourth-order valence-electron chi connectivity index (χ4n) is 2.77. The van der Waals surface area contributed by atoms with E-state index in [9.17, 15) is 9.90 Å². The Morgan fingerprint density at radius 3 is 2.77 bits per heavy atom. The SMILES string of the molecule is N#Cc1ccc2c(c1)NC(=O)c1c(Nc3cccc(O)c3)ccnc1N2. The highest BCUT2D eigenvalue weighted by Gasteiger charge is 2.23. The normalized spacial score (nSPS) is 11.9. The molecular formula is C19H13N5O2. The molecule has 7 nitrogen and oxygen atoms in total. The molecule has 7 heteroatoms. The first-order valence-electron chi connectivity index (χ1n) is 7.81. The Morgan fingerprint density at radius 1 is 1.08 bits per heavy atom. The lowest BCUT2D eigenvalue weighted by Crippen LogP contribution is -2.13. The fourth-order valence-corrected chi connectivity index (χ4v) is 2.77. The summed E-state index contributed by atoms with van der Waals surface area (Å²) in [5.74, 6) is 0.169. The lowest BCUT2D eigenvalue weighted by molar-refractivity contribution is 0.102. The van der Waals surface area contributed by atoms with Gasteiger partial charge in [0, 0.05) is 18.0 Å². The second kappa shape index (κ2) is 6.11. The van der Waals surface area contributed by atoms with Crippen molar-refractivity contribution in [3.8, 4) is 11.8 Å². The van der Waals surface area contributed by atoms with E-state index in [0.29, 0.717) is 39.7 Å². The molecule has 2 aromatic carbocycles. The van der Waals surface area contributed by atoms with Gasteiger partial charge in [-0.1, -0.05) is 6.07 Å². The third-order valence-electron chi connectivity index (χ3n) is 3.95. The highest BCUT2D eigenvalue weighted by molar-refractivity contribution is 6.15. The maximum absolute atomic E-state index is 12.8. The zero-order chi connectivity index (χ0) is 18.1. The molecule has 4 rings (SSSR count). The van der Waals surface area contributed by atoms with Crippen LogP contribution in [-0.4, -0.2) is 16.0 Å². The number of nitrogens with zero attached hydrogens (tertiary/aromatic N) is 2. The number of benzene rings is 2. The molecule has 1 aromatic heterocycles. The highest BCUT2D eigenvalue weighted by atomic mass is 16.3. The van der Waals surface area contributed by atoms with Crippen LogP contribution >= 0.6 is 0 Å². The minimum atomic E-state index is -0.350. The predicted molar refractivity (Wildman–Crippen MR) is 98.0 cm³/mol. The van der Waals surface area contributed by atoms with Crippen LogP contribution in [0.2, 0.25) is 0 Å². The Hall–Kier alpha value is -4.05. The molecule has 0 atom stereocenters. The van der Waals surface area contributed by atoms with E-state index in [0.717, 1.165) is 0 Å². The number of carbonyl (C=O) groups is 1. The fraction of sp³-hybridized carbons (Fsp3) is 0. The van der Waals surface area contributed by atoms with Crippen molar-refractivity contribution in [1.29, 1.82) is 5.26 Å². The summed E-state index contributed by atoms with van der Waals surface area (Å²) in [5.41, 5.74) is 3.13. The number of nitriles is 1. The summed E-state index contributed by atoms with van der Waals surface area (Å²) in [6.45, 7) is 0. The molecule has 3 aromatic rings. The number of aromatic hydroxyl groups is 1. The molecule has 0 radical (unpaired) electrons. The lowest BCUT2D eigenvalue weighted by atomic mass is 10.1. The first-order valence-corrected chi connectivity index (χ1v) is 7.81. The third kappa shape index (κ3) is 2.76. The maximum atomic E-state index is 12.8. The maximum Gasteiger partial charge on any atom is 0.261 e. The number of anilines is 5. The quantitative estimate of drug-likeness (QED) is 0.564. The molecule has 0 saturated carbocycles. The van der Waals surface area contributed by atoms with Crippen molar-refractivity contribution in [3.63, 3.8) is 0 Å². The van der Waals surface area contributed by atoms with Gasteiger partial charge in [-0.3, -0.25) is 4.79 Å². The van der Waals surface area contributed by atoms with Crippen LogP contribution in [0.15, 0.2) is 54.7 Å². The molecule has 4 N–H and O–H groups in total. The average Bonchev–Trinajstić information content (AvgIpc) is 2.77. The molecule has 0 spiro atoms. The first-order chi connectivity index (χ1) is 12.6. The summed E-state index contributed by atoms with van der Waals surface area (Å²) in [6.07, 6.45) is 1.58. The molecule has 126 valence electrons. The Bertz CT molecular complexity index is 1070. The van der Waals surface area contributed by atoms with Gasteiger partial charge in [-0.15, -0.1) is 0 Å². The number of aromatic nitrogens is 1. The summed E-state index contributed by atoms with van der Waals surface area (Å²) in [5, 5.41) is 27.7. The third-order valence-corrected chi connectivity index (χ3v) is 3.95. The lowest BCUT2D eigenvalue weighted by Gasteiger charge is -2.13. The van der Waals surface area contributed by atoms with Crippen LogP contribution in [0.4, 0.5) is 28.6 Å².